The summed E-state index contributed by atoms with van der Waals surface area (Å²) in [6.07, 6.45) is 0. The van der Waals surface area contributed by atoms with Crippen LogP contribution in [0.5, 0.6) is 5.75 Å². The molecule has 3 rings (SSSR count). The summed E-state index contributed by atoms with van der Waals surface area (Å²) >= 11 is 1.59. The summed E-state index contributed by atoms with van der Waals surface area (Å²) in [6.45, 7) is 0. The zero-order valence-corrected chi connectivity index (χ0v) is 11.1. The van der Waals surface area contributed by atoms with E-state index in [-0.39, 0.29) is 0 Å². The fourth-order valence-electron chi connectivity index (χ4n) is 1.94. The van der Waals surface area contributed by atoms with Crippen molar-refractivity contribution in [2.75, 3.05) is 12.5 Å². The predicted octanol–water partition coefficient (Wildman–Crippen LogP) is 2.65. The third kappa shape index (κ3) is 2.00. The highest BCUT2D eigenvalue weighted by atomic mass is 32.1. The number of nitrogens with zero attached hydrogens (tertiary/aromatic N) is 2. The lowest BCUT2D eigenvalue weighted by atomic mass is 10.2. The average molecular weight is 272 g/mol. The van der Waals surface area contributed by atoms with Gasteiger partial charge < -0.3 is 10.2 Å². The Morgan fingerprint density at radius 2 is 2.11 bits per heavy atom. The van der Waals surface area contributed by atoms with Crippen LogP contribution in [0, 0.1) is 0 Å². The van der Waals surface area contributed by atoms with Crippen LogP contribution in [0.15, 0.2) is 35.7 Å². The molecule has 0 aliphatic heterocycles. The molecule has 3 N–H and O–H groups in total. The molecule has 0 radical (unpaired) electrons. The molecule has 2 aromatic heterocycles. The standard InChI is InChI=1S/C13H12N4OS/c1-18-9-5-2-4-8-11(9)13(17-14)16-12(15-8)10-6-3-7-19-10/h2-7H,14H2,1H3,(H,15,16,17). The molecule has 0 atom stereocenters. The highest BCUT2D eigenvalue weighted by molar-refractivity contribution is 7.13. The minimum absolute atomic E-state index is 0.561. The zero-order valence-electron chi connectivity index (χ0n) is 10.3. The molecule has 0 aliphatic rings. The maximum absolute atomic E-state index is 5.57. The van der Waals surface area contributed by atoms with Crippen LogP contribution in [0.1, 0.15) is 0 Å². The largest absolute Gasteiger partial charge is 0.496 e. The van der Waals surface area contributed by atoms with Gasteiger partial charge in [0.25, 0.3) is 0 Å². The summed E-state index contributed by atoms with van der Waals surface area (Å²) in [5, 5.41) is 2.78. The highest BCUT2D eigenvalue weighted by Crippen LogP contribution is 2.32. The Balaban J connectivity index is 2.30. The molecule has 2 heterocycles. The number of benzene rings is 1. The van der Waals surface area contributed by atoms with E-state index >= 15 is 0 Å². The first kappa shape index (κ1) is 11.9. The van der Waals surface area contributed by atoms with Gasteiger partial charge >= 0.3 is 0 Å². The number of anilines is 1. The highest BCUT2D eigenvalue weighted by Gasteiger charge is 2.12. The van der Waals surface area contributed by atoms with Crippen molar-refractivity contribution in [3.8, 4) is 16.5 Å². The first-order valence-electron chi connectivity index (χ1n) is 5.68. The Labute approximate surface area is 114 Å². The van der Waals surface area contributed by atoms with Gasteiger partial charge in [-0.15, -0.1) is 11.3 Å². The van der Waals surface area contributed by atoms with Gasteiger partial charge in [-0.2, -0.15) is 0 Å². The first-order valence-corrected chi connectivity index (χ1v) is 6.56. The number of hydrazine groups is 1. The van der Waals surface area contributed by atoms with Gasteiger partial charge in [-0.25, -0.2) is 15.8 Å². The van der Waals surface area contributed by atoms with E-state index in [2.05, 4.69) is 15.4 Å². The molecule has 19 heavy (non-hydrogen) atoms. The molecule has 96 valence electrons. The summed E-state index contributed by atoms with van der Waals surface area (Å²) < 4.78 is 5.33. The van der Waals surface area contributed by atoms with Gasteiger partial charge in [-0.1, -0.05) is 12.1 Å². The third-order valence-corrected chi connectivity index (χ3v) is 3.65. The van der Waals surface area contributed by atoms with Crippen molar-refractivity contribution in [1.29, 1.82) is 0 Å². The van der Waals surface area contributed by atoms with Gasteiger partial charge in [0.05, 0.1) is 22.9 Å². The van der Waals surface area contributed by atoms with E-state index in [9.17, 15) is 0 Å². The minimum Gasteiger partial charge on any atom is -0.496 e. The second kappa shape index (κ2) is 4.83. The molecule has 6 heteroatoms. The van der Waals surface area contributed by atoms with Gasteiger partial charge in [0.15, 0.2) is 11.6 Å². The number of thiophene rings is 1. The van der Waals surface area contributed by atoms with E-state index < -0.39 is 0 Å². The molecule has 0 spiro atoms. The van der Waals surface area contributed by atoms with Crippen LogP contribution >= 0.6 is 11.3 Å². The number of nitrogen functional groups attached to an aromatic ring is 1. The number of methoxy groups -OCH3 is 1. The summed E-state index contributed by atoms with van der Waals surface area (Å²) in [4.78, 5) is 10.0. The second-order valence-corrected chi connectivity index (χ2v) is 4.82. The number of rotatable bonds is 3. The molecular weight excluding hydrogens is 260 g/mol. The van der Waals surface area contributed by atoms with E-state index in [0.717, 1.165) is 15.8 Å². The van der Waals surface area contributed by atoms with Crippen molar-refractivity contribution < 1.29 is 4.74 Å². The Kier molecular flexibility index (Phi) is 3.02. The number of hydrogen-bond acceptors (Lipinski definition) is 6. The maximum Gasteiger partial charge on any atom is 0.172 e. The van der Waals surface area contributed by atoms with Crippen LogP contribution in [0.25, 0.3) is 21.6 Å². The van der Waals surface area contributed by atoms with Gasteiger partial charge in [-0.3, -0.25) is 0 Å². The van der Waals surface area contributed by atoms with Crippen LogP contribution in [0.3, 0.4) is 0 Å². The van der Waals surface area contributed by atoms with Crippen LogP contribution in [-0.4, -0.2) is 17.1 Å². The van der Waals surface area contributed by atoms with Gasteiger partial charge in [0.2, 0.25) is 0 Å². The Bertz CT molecular complexity index is 712. The van der Waals surface area contributed by atoms with Crippen molar-refractivity contribution >= 4 is 28.1 Å². The topological polar surface area (TPSA) is 73.1 Å². The molecule has 0 fully saturated rings. The molecule has 0 aliphatic carbocycles. The smallest absolute Gasteiger partial charge is 0.172 e. The Morgan fingerprint density at radius 3 is 2.79 bits per heavy atom. The van der Waals surface area contributed by atoms with E-state index in [1.807, 2.05) is 35.7 Å². The van der Waals surface area contributed by atoms with E-state index in [0.29, 0.717) is 17.4 Å². The Morgan fingerprint density at radius 1 is 1.21 bits per heavy atom. The van der Waals surface area contributed by atoms with Crippen molar-refractivity contribution in [3.05, 3.63) is 35.7 Å². The monoisotopic (exact) mass is 272 g/mol. The summed E-state index contributed by atoms with van der Waals surface area (Å²) in [5.41, 5.74) is 3.42. The predicted molar refractivity (Wildman–Crippen MR) is 77.2 cm³/mol. The molecule has 0 saturated heterocycles. The lowest BCUT2D eigenvalue weighted by Crippen LogP contribution is -2.10. The number of nitrogens with one attached hydrogen (secondary N) is 1. The minimum atomic E-state index is 0.561. The van der Waals surface area contributed by atoms with Crippen molar-refractivity contribution in [2.45, 2.75) is 0 Å². The lowest BCUT2D eigenvalue weighted by Gasteiger charge is -2.10. The summed E-state index contributed by atoms with van der Waals surface area (Å²) in [7, 11) is 1.61. The molecular formula is C13H12N4OS. The van der Waals surface area contributed by atoms with Gasteiger partial charge in [0.1, 0.15) is 5.75 Å². The molecule has 0 bridgehead atoms. The average Bonchev–Trinajstić information content (AvgIpc) is 2.99. The lowest BCUT2D eigenvalue weighted by molar-refractivity contribution is 0.420. The van der Waals surface area contributed by atoms with Crippen molar-refractivity contribution in [3.63, 3.8) is 0 Å². The van der Waals surface area contributed by atoms with Gasteiger partial charge in [0, 0.05) is 0 Å². The van der Waals surface area contributed by atoms with Gasteiger partial charge in [-0.05, 0) is 23.6 Å². The maximum atomic E-state index is 5.57. The van der Waals surface area contributed by atoms with Crippen molar-refractivity contribution in [1.82, 2.24) is 9.97 Å². The fourth-order valence-corrected chi connectivity index (χ4v) is 2.60. The quantitative estimate of drug-likeness (QED) is 0.566. The first-order chi connectivity index (χ1) is 9.33. The number of aromatic nitrogens is 2. The number of ether oxygens (including phenoxy) is 1. The van der Waals surface area contributed by atoms with E-state index in [1.165, 1.54) is 0 Å². The number of nitrogens with two attached hydrogens (primary N) is 1. The molecule has 0 saturated carbocycles. The summed E-state index contributed by atoms with van der Waals surface area (Å²) in [5.74, 6) is 7.48. The SMILES string of the molecule is COc1cccc2nc(-c3cccs3)nc(NN)c12. The van der Waals surface area contributed by atoms with Crippen LogP contribution in [0.4, 0.5) is 5.82 Å². The summed E-state index contributed by atoms with van der Waals surface area (Å²) in [6, 6.07) is 9.61. The van der Waals surface area contributed by atoms with E-state index in [1.54, 1.807) is 18.4 Å². The van der Waals surface area contributed by atoms with Crippen LogP contribution < -0.4 is 16.0 Å². The molecule has 5 nitrogen and oxygen atoms in total. The molecule has 3 aromatic rings. The molecule has 0 unspecified atom stereocenters. The van der Waals surface area contributed by atoms with E-state index in [4.69, 9.17) is 10.6 Å². The third-order valence-electron chi connectivity index (χ3n) is 2.78. The normalized spacial score (nSPS) is 10.6. The Hall–Kier alpha value is -2.18. The fraction of sp³-hybridized carbons (Fsp3) is 0.0769. The molecule has 1 aromatic carbocycles. The van der Waals surface area contributed by atoms with Crippen LogP contribution in [-0.2, 0) is 0 Å². The zero-order chi connectivity index (χ0) is 13.2. The van der Waals surface area contributed by atoms with Crippen molar-refractivity contribution in [2.24, 2.45) is 5.84 Å². The second-order valence-electron chi connectivity index (χ2n) is 3.87. The molecule has 0 amide bonds. The number of hydrogen-bond donors (Lipinski definition) is 2. The van der Waals surface area contributed by atoms with Crippen LogP contribution in [0.2, 0.25) is 0 Å². The number of fused-ring (bicyclic) bond motifs is 1.